The average molecular weight is 207 g/mol. The van der Waals surface area contributed by atoms with E-state index in [1.54, 1.807) is 0 Å². The number of nitrogens with zero attached hydrogens (tertiary/aromatic N) is 1. The van der Waals surface area contributed by atoms with Gasteiger partial charge in [0, 0.05) is 19.1 Å². The Morgan fingerprint density at radius 3 is 2.62 bits per heavy atom. The van der Waals surface area contributed by atoms with Gasteiger partial charge in [0.05, 0.1) is 0 Å². The third-order valence-corrected chi connectivity index (χ3v) is 3.09. The second-order valence-electron chi connectivity index (χ2n) is 3.66. The van der Waals surface area contributed by atoms with Crippen LogP contribution < -0.4 is 9.86 Å². The van der Waals surface area contributed by atoms with Crippen LogP contribution in [0, 0.1) is 5.92 Å². The summed E-state index contributed by atoms with van der Waals surface area (Å²) in [7, 11) is -1.57. The molecule has 2 unspecified atom stereocenters. The monoisotopic (exact) mass is 207 g/mol. The fourth-order valence-corrected chi connectivity index (χ4v) is 2.53. The summed E-state index contributed by atoms with van der Waals surface area (Å²) in [6.07, 6.45) is 0.970. The number of rotatable bonds is 3. The van der Waals surface area contributed by atoms with Crippen molar-refractivity contribution in [3.8, 4) is 0 Å². The summed E-state index contributed by atoms with van der Waals surface area (Å²) < 4.78 is 24.1. The molecule has 2 atom stereocenters. The maximum Gasteiger partial charge on any atom is 0.274 e. The minimum Gasteiger partial charge on any atom is -0.304 e. The Hall–Kier alpha value is -0.170. The lowest BCUT2D eigenvalue weighted by Gasteiger charge is -2.16. The quantitative estimate of drug-likeness (QED) is 0.631. The summed E-state index contributed by atoms with van der Waals surface area (Å²) >= 11 is 0. The molecule has 3 N–H and O–H groups in total. The van der Waals surface area contributed by atoms with E-state index >= 15 is 0 Å². The molecule has 78 valence electrons. The van der Waals surface area contributed by atoms with Crippen molar-refractivity contribution in [2.75, 3.05) is 20.1 Å². The van der Waals surface area contributed by atoms with Crippen molar-refractivity contribution in [2.45, 2.75) is 19.4 Å². The molecule has 0 aromatic rings. The van der Waals surface area contributed by atoms with E-state index in [9.17, 15) is 8.42 Å². The molecule has 1 aliphatic heterocycles. The number of likely N-dealkylation sites (tertiary alicyclic amines) is 1. The van der Waals surface area contributed by atoms with Gasteiger partial charge >= 0.3 is 0 Å². The zero-order valence-electron chi connectivity index (χ0n) is 8.03. The van der Waals surface area contributed by atoms with Crippen LogP contribution in [-0.4, -0.2) is 39.5 Å². The van der Waals surface area contributed by atoms with E-state index in [0.717, 1.165) is 19.5 Å². The van der Waals surface area contributed by atoms with Crippen LogP contribution in [0.25, 0.3) is 0 Å². The van der Waals surface area contributed by atoms with Gasteiger partial charge in [-0.1, -0.05) is 13.3 Å². The van der Waals surface area contributed by atoms with Crippen LogP contribution in [0.2, 0.25) is 0 Å². The smallest absolute Gasteiger partial charge is 0.274 e. The molecule has 6 heteroatoms. The Balaban J connectivity index is 2.59. The second kappa shape index (κ2) is 3.91. The van der Waals surface area contributed by atoms with E-state index in [0.29, 0.717) is 5.92 Å². The third kappa shape index (κ3) is 3.22. The van der Waals surface area contributed by atoms with Crippen LogP contribution in [-0.2, 0) is 10.2 Å². The highest BCUT2D eigenvalue weighted by molar-refractivity contribution is 7.87. The normalized spacial score (nSPS) is 31.0. The Morgan fingerprint density at radius 2 is 2.15 bits per heavy atom. The maximum atomic E-state index is 10.8. The van der Waals surface area contributed by atoms with Gasteiger partial charge in [-0.3, -0.25) is 0 Å². The molecule has 13 heavy (non-hydrogen) atoms. The minimum absolute atomic E-state index is 0.0231. The molecule has 0 aliphatic carbocycles. The fourth-order valence-electron chi connectivity index (χ4n) is 1.85. The predicted molar refractivity (Wildman–Crippen MR) is 51.3 cm³/mol. The number of hydrogen-bond donors (Lipinski definition) is 2. The van der Waals surface area contributed by atoms with Gasteiger partial charge in [0.15, 0.2) is 0 Å². The Bertz CT molecular complexity index is 265. The first-order valence-corrected chi connectivity index (χ1v) is 5.95. The fraction of sp³-hybridized carbons (Fsp3) is 1.00. The van der Waals surface area contributed by atoms with Crippen molar-refractivity contribution in [1.29, 1.82) is 0 Å². The van der Waals surface area contributed by atoms with Crippen molar-refractivity contribution in [2.24, 2.45) is 11.1 Å². The van der Waals surface area contributed by atoms with Gasteiger partial charge in [0.2, 0.25) is 0 Å². The molecule has 1 saturated heterocycles. The Morgan fingerprint density at radius 1 is 1.54 bits per heavy atom. The number of nitrogens with two attached hydrogens (primary N) is 1. The van der Waals surface area contributed by atoms with Crippen LogP contribution in [0.1, 0.15) is 13.3 Å². The van der Waals surface area contributed by atoms with E-state index in [2.05, 4.69) is 16.5 Å². The van der Waals surface area contributed by atoms with Gasteiger partial charge < -0.3 is 4.90 Å². The van der Waals surface area contributed by atoms with Crippen molar-refractivity contribution >= 4 is 10.2 Å². The summed E-state index contributed by atoms with van der Waals surface area (Å²) in [4.78, 5) is 2.11. The molecule has 0 aromatic heterocycles. The number of likely N-dealkylation sites (N-methyl/N-ethyl adjacent to an activating group) is 1. The van der Waals surface area contributed by atoms with Crippen molar-refractivity contribution in [1.82, 2.24) is 9.62 Å². The van der Waals surface area contributed by atoms with E-state index in [4.69, 9.17) is 5.14 Å². The van der Waals surface area contributed by atoms with Crippen LogP contribution in [0.3, 0.4) is 0 Å². The van der Waals surface area contributed by atoms with Gasteiger partial charge in [-0.2, -0.15) is 13.1 Å². The van der Waals surface area contributed by atoms with Crippen LogP contribution in [0.15, 0.2) is 0 Å². The van der Waals surface area contributed by atoms with E-state index < -0.39 is 10.2 Å². The Labute approximate surface area is 79.5 Å². The first-order valence-electron chi connectivity index (χ1n) is 4.41. The van der Waals surface area contributed by atoms with Gasteiger partial charge in [-0.25, -0.2) is 5.14 Å². The van der Waals surface area contributed by atoms with E-state index in [1.807, 2.05) is 7.05 Å². The molecule has 1 rings (SSSR count). The van der Waals surface area contributed by atoms with Gasteiger partial charge in [0.25, 0.3) is 10.2 Å². The molecule has 0 spiro atoms. The predicted octanol–water partition coefficient (Wildman–Crippen LogP) is -0.880. The van der Waals surface area contributed by atoms with Crippen LogP contribution >= 0.6 is 0 Å². The van der Waals surface area contributed by atoms with Crippen molar-refractivity contribution in [3.05, 3.63) is 0 Å². The molecule has 0 bridgehead atoms. The highest BCUT2D eigenvalue weighted by atomic mass is 32.2. The van der Waals surface area contributed by atoms with E-state index in [1.165, 1.54) is 0 Å². The topological polar surface area (TPSA) is 75.4 Å². The molecule has 1 aliphatic rings. The summed E-state index contributed by atoms with van der Waals surface area (Å²) in [5, 5.41) is 4.92. The average Bonchev–Trinajstić information content (AvgIpc) is 2.27. The number of hydrogen-bond acceptors (Lipinski definition) is 3. The van der Waals surface area contributed by atoms with Crippen LogP contribution in [0.4, 0.5) is 0 Å². The summed E-state index contributed by atoms with van der Waals surface area (Å²) in [6, 6.07) is -0.0231. The summed E-state index contributed by atoms with van der Waals surface area (Å²) in [5.74, 6) is 0.378. The first-order chi connectivity index (χ1) is 5.92. The molecular weight excluding hydrogens is 190 g/mol. The largest absolute Gasteiger partial charge is 0.304 e. The van der Waals surface area contributed by atoms with E-state index in [-0.39, 0.29) is 6.04 Å². The maximum absolute atomic E-state index is 10.8. The summed E-state index contributed by atoms with van der Waals surface area (Å²) in [5.41, 5.74) is 0. The van der Waals surface area contributed by atoms with Gasteiger partial charge in [-0.05, 0) is 13.0 Å². The molecule has 5 nitrogen and oxygen atoms in total. The van der Waals surface area contributed by atoms with Crippen molar-refractivity contribution < 1.29 is 8.42 Å². The molecule has 0 amide bonds. The molecule has 0 radical (unpaired) electrons. The van der Waals surface area contributed by atoms with Gasteiger partial charge in [-0.15, -0.1) is 0 Å². The molecule has 0 aromatic carbocycles. The lowest BCUT2D eigenvalue weighted by molar-refractivity contribution is 0.392. The minimum atomic E-state index is -3.55. The molecule has 1 heterocycles. The number of nitrogens with one attached hydrogen (secondary N) is 1. The lowest BCUT2D eigenvalue weighted by Crippen LogP contribution is -2.43. The molecular formula is C7H17N3O2S. The zero-order valence-corrected chi connectivity index (χ0v) is 8.84. The van der Waals surface area contributed by atoms with Crippen LogP contribution in [0.5, 0.6) is 0 Å². The molecule has 0 saturated carbocycles. The lowest BCUT2D eigenvalue weighted by atomic mass is 10.0. The second-order valence-corrected chi connectivity index (χ2v) is 4.98. The highest BCUT2D eigenvalue weighted by Crippen LogP contribution is 2.18. The summed E-state index contributed by atoms with van der Waals surface area (Å²) in [6.45, 7) is 3.74. The highest BCUT2D eigenvalue weighted by Gasteiger charge is 2.31. The standard InChI is InChI=1S/C7H17N3O2S/c1-3-6-4-10(2)5-7(6)9-13(8,11)12/h6-7,9H,3-5H2,1-2H3,(H2,8,11,12). The Kier molecular flexibility index (Phi) is 3.28. The third-order valence-electron chi connectivity index (χ3n) is 2.46. The van der Waals surface area contributed by atoms with Crippen molar-refractivity contribution in [3.63, 3.8) is 0 Å². The first kappa shape index (κ1) is 10.9. The van der Waals surface area contributed by atoms with Gasteiger partial charge in [0.1, 0.15) is 0 Å². The zero-order chi connectivity index (χ0) is 10.1. The molecule has 1 fully saturated rings. The SMILES string of the molecule is CCC1CN(C)CC1NS(N)(=O)=O.